The van der Waals surface area contributed by atoms with Crippen LogP contribution in [0.2, 0.25) is 0 Å². The predicted octanol–water partition coefficient (Wildman–Crippen LogP) is 3.32. The minimum atomic E-state index is 0.186. The minimum absolute atomic E-state index is 0.186. The Morgan fingerprint density at radius 2 is 1.85 bits per heavy atom. The topological polar surface area (TPSA) is 35.6 Å². The van der Waals surface area contributed by atoms with Gasteiger partial charge in [0.05, 0.1) is 6.42 Å². The number of rotatable bonds is 4. The van der Waals surface area contributed by atoms with Crippen LogP contribution in [0.25, 0.3) is 0 Å². The highest BCUT2D eigenvalue weighted by molar-refractivity contribution is 5.97. The molecule has 2 aromatic carbocycles. The summed E-state index contributed by atoms with van der Waals surface area (Å²) in [5.74, 6) is 0.186. The first-order chi connectivity index (χ1) is 12.7. The lowest BCUT2D eigenvalue weighted by Crippen LogP contribution is -2.36. The molecule has 1 N–H and O–H groups in total. The quantitative estimate of drug-likeness (QED) is 0.920. The second-order valence-corrected chi connectivity index (χ2v) is 7.52. The molecule has 2 aliphatic heterocycles. The van der Waals surface area contributed by atoms with Crippen molar-refractivity contribution < 1.29 is 4.79 Å². The van der Waals surface area contributed by atoms with Crippen LogP contribution >= 0.6 is 0 Å². The molecular weight excluding hydrogens is 322 g/mol. The van der Waals surface area contributed by atoms with Crippen molar-refractivity contribution in [2.24, 2.45) is 0 Å². The fourth-order valence-electron chi connectivity index (χ4n) is 3.98. The van der Waals surface area contributed by atoms with Gasteiger partial charge >= 0.3 is 0 Å². The van der Waals surface area contributed by atoms with Gasteiger partial charge in [0.15, 0.2) is 0 Å². The number of nitrogens with one attached hydrogen (secondary N) is 1. The lowest BCUT2D eigenvalue weighted by molar-refractivity contribution is -0.117. The van der Waals surface area contributed by atoms with E-state index in [9.17, 15) is 4.79 Å². The average molecular weight is 349 g/mol. The van der Waals surface area contributed by atoms with E-state index in [1.165, 1.54) is 18.4 Å². The summed E-state index contributed by atoms with van der Waals surface area (Å²) in [7, 11) is 2.18. The maximum Gasteiger partial charge on any atom is 0.231 e. The highest BCUT2D eigenvalue weighted by atomic mass is 16.2. The van der Waals surface area contributed by atoms with Gasteiger partial charge in [-0.2, -0.15) is 0 Å². The standard InChI is InChI=1S/C22H27N3O/c1-24-12-10-19(11-13-24)23-20-8-7-18-9-14-25(21(18)16-20)22(26)15-17-5-3-2-4-6-17/h2-8,16,19,23H,9-15H2,1H3. The Morgan fingerprint density at radius 3 is 2.62 bits per heavy atom. The number of carbonyl (C=O) groups is 1. The highest BCUT2D eigenvalue weighted by Crippen LogP contribution is 2.32. The molecular formula is C22H27N3O. The first-order valence-corrected chi connectivity index (χ1v) is 9.61. The summed E-state index contributed by atoms with van der Waals surface area (Å²) >= 11 is 0. The third-order valence-corrected chi connectivity index (χ3v) is 5.57. The lowest BCUT2D eigenvalue weighted by atomic mass is 10.0. The second kappa shape index (κ2) is 7.50. The molecule has 2 aliphatic rings. The summed E-state index contributed by atoms with van der Waals surface area (Å²) in [5, 5.41) is 3.68. The zero-order valence-electron chi connectivity index (χ0n) is 15.4. The van der Waals surface area contributed by atoms with Gasteiger partial charge < -0.3 is 15.1 Å². The maximum absolute atomic E-state index is 12.8. The Labute approximate surface area is 155 Å². The van der Waals surface area contributed by atoms with Crippen LogP contribution in [0.5, 0.6) is 0 Å². The summed E-state index contributed by atoms with van der Waals surface area (Å²) in [6, 6.07) is 17.1. The van der Waals surface area contributed by atoms with E-state index >= 15 is 0 Å². The molecule has 0 atom stereocenters. The van der Waals surface area contributed by atoms with Crippen LogP contribution in [0, 0.1) is 0 Å². The number of piperidine rings is 1. The first-order valence-electron chi connectivity index (χ1n) is 9.61. The van der Waals surface area contributed by atoms with E-state index in [1.807, 2.05) is 35.2 Å². The maximum atomic E-state index is 12.8. The number of carbonyl (C=O) groups excluding carboxylic acids is 1. The molecule has 136 valence electrons. The van der Waals surface area contributed by atoms with E-state index in [4.69, 9.17) is 0 Å². The Morgan fingerprint density at radius 1 is 1.08 bits per heavy atom. The van der Waals surface area contributed by atoms with Crippen LogP contribution in [0.3, 0.4) is 0 Å². The van der Waals surface area contributed by atoms with Crippen molar-refractivity contribution in [2.45, 2.75) is 31.7 Å². The van der Waals surface area contributed by atoms with Gasteiger partial charge in [-0.3, -0.25) is 4.79 Å². The first kappa shape index (κ1) is 17.1. The van der Waals surface area contributed by atoms with Crippen molar-refractivity contribution in [1.82, 2.24) is 4.90 Å². The van der Waals surface area contributed by atoms with Gasteiger partial charge in [0, 0.05) is 24.0 Å². The average Bonchev–Trinajstić information content (AvgIpc) is 3.08. The number of hydrogen-bond acceptors (Lipinski definition) is 3. The van der Waals surface area contributed by atoms with Crippen molar-refractivity contribution in [1.29, 1.82) is 0 Å². The van der Waals surface area contributed by atoms with Gasteiger partial charge in [-0.05, 0) is 62.7 Å². The molecule has 0 aromatic heterocycles. The smallest absolute Gasteiger partial charge is 0.231 e. The fourth-order valence-corrected chi connectivity index (χ4v) is 3.98. The number of anilines is 2. The molecule has 1 saturated heterocycles. The number of benzene rings is 2. The molecule has 0 aliphatic carbocycles. The molecule has 4 nitrogen and oxygen atoms in total. The monoisotopic (exact) mass is 349 g/mol. The van der Waals surface area contributed by atoms with E-state index < -0.39 is 0 Å². The normalized spacial score (nSPS) is 18.0. The Kier molecular flexibility index (Phi) is 4.93. The third kappa shape index (κ3) is 3.75. The summed E-state index contributed by atoms with van der Waals surface area (Å²) in [5.41, 5.74) is 4.58. The van der Waals surface area contributed by atoms with Gasteiger partial charge in [0.2, 0.25) is 5.91 Å². The van der Waals surface area contributed by atoms with Crippen LogP contribution < -0.4 is 10.2 Å². The molecule has 0 spiro atoms. The van der Waals surface area contributed by atoms with Crippen molar-refractivity contribution in [2.75, 3.05) is 36.9 Å². The summed E-state index contributed by atoms with van der Waals surface area (Å²) in [6.07, 6.45) is 3.76. The summed E-state index contributed by atoms with van der Waals surface area (Å²) in [4.78, 5) is 17.2. The number of amides is 1. The van der Waals surface area contributed by atoms with Gasteiger partial charge in [0.1, 0.15) is 0 Å². The molecule has 2 aromatic rings. The molecule has 0 unspecified atom stereocenters. The number of nitrogens with zero attached hydrogens (tertiary/aromatic N) is 2. The Bertz CT molecular complexity index is 766. The lowest BCUT2D eigenvalue weighted by Gasteiger charge is -2.30. The molecule has 2 heterocycles. The van der Waals surface area contributed by atoms with E-state index in [-0.39, 0.29) is 5.91 Å². The molecule has 0 bridgehead atoms. The molecule has 1 fully saturated rings. The number of fused-ring (bicyclic) bond motifs is 1. The van der Waals surface area contributed by atoms with E-state index in [2.05, 4.69) is 35.5 Å². The predicted molar refractivity (Wildman–Crippen MR) is 107 cm³/mol. The van der Waals surface area contributed by atoms with Gasteiger partial charge in [-0.15, -0.1) is 0 Å². The SMILES string of the molecule is CN1CCC(Nc2ccc3c(c2)N(C(=O)Cc2ccccc2)CC3)CC1. The van der Waals surface area contributed by atoms with Gasteiger partial charge in [0.25, 0.3) is 0 Å². The van der Waals surface area contributed by atoms with E-state index in [0.29, 0.717) is 12.5 Å². The minimum Gasteiger partial charge on any atom is -0.382 e. The van der Waals surface area contributed by atoms with Crippen LogP contribution in [0.1, 0.15) is 24.0 Å². The van der Waals surface area contributed by atoms with Crippen LogP contribution in [-0.4, -0.2) is 43.5 Å². The molecule has 26 heavy (non-hydrogen) atoms. The summed E-state index contributed by atoms with van der Waals surface area (Å²) < 4.78 is 0. The second-order valence-electron chi connectivity index (χ2n) is 7.52. The van der Waals surface area contributed by atoms with Crippen molar-refractivity contribution in [3.05, 3.63) is 59.7 Å². The number of hydrogen-bond donors (Lipinski definition) is 1. The van der Waals surface area contributed by atoms with Crippen molar-refractivity contribution in [3.8, 4) is 0 Å². The van der Waals surface area contributed by atoms with Crippen LogP contribution in [0.4, 0.5) is 11.4 Å². The van der Waals surface area contributed by atoms with Crippen molar-refractivity contribution >= 4 is 17.3 Å². The zero-order chi connectivity index (χ0) is 17.9. The number of likely N-dealkylation sites (tertiary alicyclic amines) is 1. The highest BCUT2D eigenvalue weighted by Gasteiger charge is 2.25. The fraction of sp³-hybridized carbons (Fsp3) is 0.409. The largest absolute Gasteiger partial charge is 0.382 e. The zero-order valence-corrected chi connectivity index (χ0v) is 15.4. The Hall–Kier alpha value is -2.33. The van der Waals surface area contributed by atoms with E-state index in [0.717, 1.165) is 43.0 Å². The summed E-state index contributed by atoms with van der Waals surface area (Å²) in [6.45, 7) is 3.08. The molecule has 4 rings (SSSR count). The molecule has 4 heteroatoms. The van der Waals surface area contributed by atoms with Crippen molar-refractivity contribution in [3.63, 3.8) is 0 Å². The van der Waals surface area contributed by atoms with Gasteiger partial charge in [-0.25, -0.2) is 0 Å². The van der Waals surface area contributed by atoms with E-state index in [1.54, 1.807) is 0 Å². The van der Waals surface area contributed by atoms with Gasteiger partial charge in [-0.1, -0.05) is 36.4 Å². The molecule has 1 amide bonds. The Balaban J connectivity index is 1.46. The molecule has 0 radical (unpaired) electrons. The third-order valence-electron chi connectivity index (χ3n) is 5.57. The molecule has 0 saturated carbocycles. The van der Waals surface area contributed by atoms with Crippen LogP contribution in [-0.2, 0) is 17.6 Å². The van der Waals surface area contributed by atoms with Crippen LogP contribution in [0.15, 0.2) is 48.5 Å².